The maximum Gasteiger partial charge on any atom is 0.416 e. The Hall–Kier alpha value is -3.51. The lowest BCUT2D eigenvalue weighted by molar-refractivity contribution is -0.138. The molecule has 0 bridgehead atoms. The number of aryl methyl sites for hydroxylation is 2. The lowest BCUT2D eigenvalue weighted by Gasteiger charge is -2.34. The molecule has 1 aliphatic heterocycles. The number of hydrogen-bond donors (Lipinski definition) is 2. The van der Waals surface area contributed by atoms with E-state index in [4.69, 9.17) is 0 Å². The number of nitrogens with one attached hydrogen (secondary N) is 2. The minimum absolute atomic E-state index is 0.00464. The number of Topliss-reactive ketones (excluding diaryl/α,β-unsaturated/α-hetero) is 1. The zero-order chi connectivity index (χ0) is 26.0. The number of hydrogen-bond acceptors (Lipinski definition) is 5. The Balaban J connectivity index is 1.69. The van der Waals surface area contributed by atoms with E-state index in [-0.39, 0.29) is 40.6 Å². The van der Waals surface area contributed by atoms with E-state index in [1.54, 1.807) is 6.07 Å². The highest BCUT2D eigenvalue weighted by molar-refractivity contribution is 8.03. The molecule has 0 spiro atoms. The Kier molecular flexibility index (Phi) is 7.27. The van der Waals surface area contributed by atoms with Crippen molar-refractivity contribution < 1.29 is 22.8 Å². The SMILES string of the molecule is Cc1ccc(NC(=O)CSC2=C(C#N)[C@H](c3ccccc3C(F)(F)F)C3=C(CCCC3=O)N2)c(C)c1. The van der Waals surface area contributed by atoms with Crippen LogP contribution in [0.5, 0.6) is 0 Å². The molecule has 186 valence electrons. The summed E-state index contributed by atoms with van der Waals surface area (Å²) in [6, 6.07) is 12.7. The van der Waals surface area contributed by atoms with E-state index in [1.807, 2.05) is 32.0 Å². The second-order valence-electron chi connectivity index (χ2n) is 8.82. The van der Waals surface area contributed by atoms with Crippen LogP contribution >= 0.6 is 11.8 Å². The van der Waals surface area contributed by atoms with E-state index in [1.165, 1.54) is 18.2 Å². The highest BCUT2D eigenvalue weighted by atomic mass is 32.2. The molecule has 4 rings (SSSR count). The molecule has 0 saturated carbocycles. The zero-order valence-electron chi connectivity index (χ0n) is 19.8. The molecule has 36 heavy (non-hydrogen) atoms. The first-order valence-electron chi connectivity index (χ1n) is 11.4. The molecule has 0 radical (unpaired) electrons. The van der Waals surface area contributed by atoms with Gasteiger partial charge in [-0.05, 0) is 49.9 Å². The molecule has 1 atom stereocenters. The van der Waals surface area contributed by atoms with Crippen LogP contribution < -0.4 is 10.6 Å². The monoisotopic (exact) mass is 511 g/mol. The molecule has 2 aliphatic rings. The number of alkyl halides is 3. The van der Waals surface area contributed by atoms with Crippen LogP contribution in [-0.2, 0) is 15.8 Å². The predicted octanol–water partition coefficient (Wildman–Crippen LogP) is 6.12. The number of nitriles is 1. The van der Waals surface area contributed by atoms with Crippen molar-refractivity contribution in [2.75, 3.05) is 11.1 Å². The largest absolute Gasteiger partial charge is 0.416 e. The van der Waals surface area contributed by atoms with Crippen molar-refractivity contribution >= 4 is 29.1 Å². The summed E-state index contributed by atoms with van der Waals surface area (Å²) in [5.74, 6) is -1.80. The number of anilines is 1. The fraction of sp³-hybridized carbons (Fsp3) is 0.296. The third-order valence-electron chi connectivity index (χ3n) is 6.24. The number of nitrogens with zero attached hydrogens (tertiary/aromatic N) is 1. The van der Waals surface area contributed by atoms with E-state index in [2.05, 4.69) is 10.6 Å². The van der Waals surface area contributed by atoms with Gasteiger partial charge in [0, 0.05) is 23.4 Å². The van der Waals surface area contributed by atoms with Crippen LogP contribution in [0.1, 0.15) is 47.4 Å². The summed E-state index contributed by atoms with van der Waals surface area (Å²) in [6.07, 6.45) is -3.40. The summed E-state index contributed by atoms with van der Waals surface area (Å²) < 4.78 is 41.7. The van der Waals surface area contributed by atoms with Crippen LogP contribution in [-0.4, -0.2) is 17.4 Å². The maximum absolute atomic E-state index is 13.9. The fourth-order valence-corrected chi connectivity index (χ4v) is 5.50. The summed E-state index contributed by atoms with van der Waals surface area (Å²) in [6.45, 7) is 3.83. The topological polar surface area (TPSA) is 82.0 Å². The second kappa shape index (κ2) is 10.2. The van der Waals surface area contributed by atoms with Crippen molar-refractivity contribution in [1.82, 2.24) is 5.32 Å². The molecular weight excluding hydrogens is 487 g/mol. The Morgan fingerprint density at radius 2 is 1.94 bits per heavy atom. The minimum Gasteiger partial charge on any atom is -0.352 e. The molecule has 1 heterocycles. The van der Waals surface area contributed by atoms with Crippen LogP contribution in [0, 0.1) is 25.2 Å². The number of carbonyl (C=O) groups excluding carboxylic acids is 2. The first kappa shape index (κ1) is 25.6. The lowest BCUT2D eigenvalue weighted by Crippen LogP contribution is -2.32. The van der Waals surface area contributed by atoms with Crippen LogP contribution in [0.2, 0.25) is 0 Å². The molecule has 5 nitrogen and oxygen atoms in total. The molecule has 1 aliphatic carbocycles. The third-order valence-corrected chi connectivity index (χ3v) is 7.26. The smallest absolute Gasteiger partial charge is 0.352 e. The Bertz CT molecular complexity index is 1340. The quantitative estimate of drug-likeness (QED) is 0.505. The van der Waals surface area contributed by atoms with Crippen molar-refractivity contribution in [3.05, 3.63) is 86.6 Å². The number of benzene rings is 2. The van der Waals surface area contributed by atoms with Gasteiger partial charge in [0.05, 0.1) is 33.9 Å². The number of amides is 1. The van der Waals surface area contributed by atoms with E-state index in [9.17, 15) is 28.0 Å². The van der Waals surface area contributed by atoms with Crippen molar-refractivity contribution in [1.29, 1.82) is 5.26 Å². The van der Waals surface area contributed by atoms with Gasteiger partial charge in [0.25, 0.3) is 0 Å². The van der Waals surface area contributed by atoms with Gasteiger partial charge >= 0.3 is 6.18 Å². The summed E-state index contributed by atoms with van der Waals surface area (Å²) in [5.41, 5.74) is 2.34. The van der Waals surface area contributed by atoms with Gasteiger partial charge in [-0.25, -0.2) is 0 Å². The maximum atomic E-state index is 13.9. The molecule has 1 amide bonds. The van der Waals surface area contributed by atoms with E-state index < -0.39 is 17.7 Å². The number of rotatable bonds is 5. The van der Waals surface area contributed by atoms with Crippen LogP contribution in [0.4, 0.5) is 18.9 Å². The predicted molar refractivity (Wildman–Crippen MR) is 133 cm³/mol. The van der Waals surface area contributed by atoms with Crippen molar-refractivity contribution in [2.24, 2.45) is 0 Å². The molecule has 2 aromatic rings. The first-order chi connectivity index (χ1) is 17.1. The summed E-state index contributed by atoms with van der Waals surface area (Å²) in [4.78, 5) is 25.6. The number of carbonyl (C=O) groups is 2. The highest BCUT2D eigenvalue weighted by Gasteiger charge is 2.42. The van der Waals surface area contributed by atoms with E-state index >= 15 is 0 Å². The standard InChI is InChI=1S/C27H24F3N3O2S/c1-15-10-11-20(16(2)12-15)32-23(35)14-36-26-18(13-31)24(25-21(33-26)8-5-9-22(25)34)17-6-3-4-7-19(17)27(28,29)30/h3-4,6-7,10-12,24,33H,5,8-9,14H2,1-2H3,(H,32,35)/t24-/m0/s1. The zero-order valence-corrected chi connectivity index (χ0v) is 20.6. The number of thioether (sulfide) groups is 1. The Morgan fingerprint density at radius 1 is 1.19 bits per heavy atom. The molecule has 0 fully saturated rings. The van der Waals surface area contributed by atoms with Gasteiger partial charge in [0.15, 0.2) is 5.78 Å². The van der Waals surface area contributed by atoms with Gasteiger partial charge < -0.3 is 10.6 Å². The van der Waals surface area contributed by atoms with Gasteiger partial charge in [-0.15, -0.1) is 0 Å². The lowest BCUT2D eigenvalue weighted by atomic mass is 9.75. The van der Waals surface area contributed by atoms with Crippen molar-refractivity contribution in [2.45, 2.75) is 45.2 Å². The first-order valence-corrected chi connectivity index (χ1v) is 12.4. The average molecular weight is 512 g/mol. The number of halogens is 3. The van der Waals surface area contributed by atoms with E-state index in [0.29, 0.717) is 29.3 Å². The Morgan fingerprint density at radius 3 is 2.64 bits per heavy atom. The highest BCUT2D eigenvalue weighted by Crippen LogP contribution is 2.47. The molecule has 2 N–H and O–H groups in total. The summed E-state index contributed by atoms with van der Waals surface area (Å²) in [7, 11) is 0. The number of ketones is 1. The number of dihydropyridines is 1. The van der Waals surface area contributed by atoms with Crippen LogP contribution in [0.15, 0.2) is 64.3 Å². The van der Waals surface area contributed by atoms with Gasteiger partial charge in [0.2, 0.25) is 5.91 Å². The fourth-order valence-electron chi connectivity index (χ4n) is 4.63. The average Bonchev–Trinajstić information content (AvgIpc) is 2.83. The second-order valence-corrected chi connectivity index (χ2v) is 9.81. The van der Waals surface area contributed by atoms with Gasteiger partial charge in [-0.1, -0.05) is 47.7 Å². The minimum atomic E-state index is -4.65. The number of allylic oxidation sites excluding steroid dienone is 3. The van der Waals surface area contributed by atoms with Crippen molar-refractivity contribution in [3.8, 4) is 6.07 Å². The third kappa shape index (κ3) is 5.19. The van der Waals surface area contributed by atoms with Gasteiger partial charge in [-0.3, -0.25) is 9.59 Å². The van der Waals surface area contributed by atoms with Gasteiger partial charge in [0.1, 0.15) is 0 Å². The molecule has 0 unspecified atom stereocenters. The molecule has 2 aromatic carbocycles. The van der Waals surface area contributed by atoms with Crippen molar-refractivity contribution in [3.63, 3.8) is 0 Å². The normalized spacial score (nSPS) is 17.9. The molecular formula is C27H24F3N3O2S. The molecule has 0 saturated heterocycles. The van der Waals surface area contributed by atoms with Crippen LogP contribution in [0.3, 0.4) is 0 Å². The molecule has 0 aromatic heterocycles. The van der Waals surface area contributed by atoms with Crippen LogP contribution in [0.25, 0.3) is 0 Å². The Labute approximate surface area is 211 Å². The molecule has 9 heteroatoms. The van der Waals surface area contributed by atoms with Gasteiger partial charge in [-0.2, -0.15) is 18.4 Å². The van der Waals surface area contributed by atoms with E-state index in [0.717, 1.165) is 29.0 Å². The summed E-state index contributed by atoms with van der Waals surface area (Å²) in [5, 5.41) is 16.3. The summed E-state index contributed by atoms with van der Waals surface area (Å²) >= 11 is 1.04.